The Morgan fingerprint density at radius 2 is 1.40 bits per heavy atom. The van der Waals surface area contributed by atoms with Gasteiger partial charge in [-0.3, -0.25) is 0 Å². The van der Waals surface area contributed by atoms with Crippen LogP contribution in [0.15, 0.2) is 0 Å². The van der Waals surface area contributed by atoms with E-state index in [0.717, 1.165) is 26.1 Å². The summed E-state index contributed by atoms with van der Waals surface area (Å²) in [4.78, 5) is 0. The molecule has 0 aromatic rings. The quantitative estimate of drug-likeness (QED) is 0.500. The summed E-state index contributed by atoms with van der Waals surface area (Å²) in [5.74, 6) is 0.576. The Morgan fingerprint density at radius 3 is 1.85 bits per heavy atom. The summed E-state index contributed by atoms with van der Waals surface area (Å²) in [6.07, 6.45) is 3.30. The molecule has 0 aliphatic carbocycles. The first-order chi connectivity index (χ1) is 9.56. The molecule has 1 unspecified atom stereocenters. The second kappa shape index (κ2) is 12.6. The van der Waals surface area contributed by atoms with Gasteiger partial charge in [0, 0.05) is 13.2 Å². The zero-order valence-electron chi connectivity index (χ0n) is 14.0. The van der Waals surface area contributed by atoms with Crippen molar-refractivity contribution in [2.45, 2.75) is 47.0 Å². The Balaban J connectivity index is 3.32. The maximum Gasteiger partial charge on any atom is 0.0701 e. The molecule has 0 heterocycles. The smallest absolute Gasteiger partial charge is 0.0701 e. The lowest BCUT2D eigenvalue weighted by atomic mass is 9.77. The third-order valence-electron chi connectivity index (χ3n) is 4.06. The van der Waals surface area contributed by atoms with Crippen molar-refractivity contribution in [3.8, 4) is 0 Å². The van der Waals surface area contributed by atoms with Crippen LogP contribution >= 0.6 is 0 Å². The van der Waals surface area contributed by atoms with Gasteiger partial charge in [-0.15, -0.1) is 0 Å². The van der Waals surface area contributed by atoms with E-state index >= 15 is 0 Å². The van der Waals surface area contributed by atoms with E-state index in [1.54, 1.807) is 0 Å². The molecule has 4 heteroatoms. The molecule has 2 N–H and O–H groups in total. The van der Waals surface area contributed by atoms with Gasteiger partial charge in [-0.1, -0.05) is 34.1 Å². The lowest BCUT2D eigenvalue weighted by Gasteiger charge is -2.32. The molecule has 0 amide bonds. The summed E-state index contributed by atoms with van der Waals surface area (Å²) in [5.41, 5.74) is 6.02. The first-order valence-electron chi connectivity index (χ1n) is 8.00. The predicted octanol–water partition coefficient (Wildman–Crippen LogP) is 2.85. The second-order valence-electron chi connectivity index (χ2n) is 5.95. The molecule has 1 atom stereocenters. The first kappa shape index (κ1) is 19.8. The van der Waals surface area contributed by atoms with E-state index in [-0.39, 0.29) is 5.41 Å². The zero-order valence-corrected chi connectivity index (χ0v) is 14.0. The Bertz CT molecular complexity index is 212. The number of hydrogen-bond donors (Lipinski definition) is 1. The van der Waals surface area contributed by atoms with Crippen LogP contribution in [-0.4, -0.2) is 46.2 Å². The second-order valence-corrected chi connectivity index (χ2v) is 5.95. The third-order valence-corrected chi connectivity index (χ3v) is 4.06. The minimum atomic E-state index is 0.175. The van der Waals surface area contributed by atoms with Crippen LogP contribution in [0.4, 0.5) is 0 Å². The van der Waals surface area contributed by atoms with E-state index < -0.39 is 0 Å². The summed E-state index contributed by atoms with van der Waals surface area (Å²) >= 11 is 0. The van der Waals surface area contributed by atoms with Crippen LogP contribution < -0.4 is 5.73 Å². The Labute approximate surface area is 125 Å². The van der Waals surface area contributed by atoms with Crippen LogP contribution in [0.2, 0.25) is 0 Å². The van der Waals surface area contributed by atoms with Crippen LogP contribution in [0, 0.1) is 11.3 Å². The van der Waals surface area contributed by atoms with E-state index in [9.17, 15) is 0 Å². The standard InChI is InChI=1S/C16H35NO3/c1-5-6-8-18-10-12-20-13-11-19-9-7-16(4,14-17)15(2)3/h15H,5-14,17H2,1-4H3. The normalized spacial score (nSPS) is 14.7. The molecule has 0 spiro atoms. The van der Waals surface area contributed by atoms with Gasteiger partial charge in [0.1, 0.15) is 0 Å². The fourth-order valence-corrected chi connectivity index (χ4v) is 1.72. The van der Waals surface area contributed by atoms with Crippen LogP contribution in [0.3, 0.4) is 0 Å². The van der Waals surface area contributed by atoms with E-state index in [4.69, 9.17) is 19.9 Å². The summed E-state index contributed by atoms with van der Waals surface area (Å²) in [5, 5.41) is 0. The fraction of sp³-hybridized carbons (Fsp3) is 1.00. The van der Waals surface area contributed by atoms with Gasteiger partial charge in [0.25, 0.3) is 0 Å². The third kappa shape index (κ3) is 9.70. The van der Waals surface area contributed by atoms with Crippen molar-refractivity contribution in [3.05, 3.63) is 0 Å². The van der Waals surface area contributed by atoms with Gasteiger partial charge in [-0.25, -0.2) is 0 Å². The molecule has 0 fully saturated rings. The Kier molecular flexibility index (Phi) is 12.5. The van der Waals surface area contributed by atoms with Crippen molar-refractivity contribution >= 4 is 0 Å². The van der Waals surface area contributed by atoms with Crippen molar-refractivity contribution in [2.75, 3.05) is 46.2 Å². The minimum absolute atomic E-state index is 0.175. The highest BCUT2D eigenvalue weighted by atomic mass is 16.5. The van der Waals surface area contributed by atoms with Crippen LogP contribution in [0.25, 0.3) is 0 Å². The molecule has 0 aliphatic rings. The highest BCUT2D eigenvalue weighted by Gasteiger charge is 2.26. The lowest BCUT2D eigenvalue weighted by molar-refractivity contribution is 0.00642. The molecule has 0 rings (SSSR count). The van der Waals surface area contributed by atoms with Gasteiger partial charge < -0.3 is 19.9 Å². The van der Waals surface area contributed by atoms with Crippen molar-refractivity contribution in [2.24, 2.45) is 17.1 Å². The molecule has 0 radical (unpaired) electrons. The number of unbranched alkanes of at least 4 members (excludes halogenated alkanes) is 1. The molecule has 0 aliphatic heterocycles. The van der Waals surface area contributed by atoms with Gasteiger partial charge >= 0.3 is 0 Å². The first-order valence-corrected chi connectivity index (χ1v) is 8.00. The summed E-state index contributed by atoms with van der Waals surface area (Å²) < 4.78 is 16.5. The van der Waals surface area contributed by atoms with Crippen molar-refractivity contribution in [3.63, 3.8) is 0 Å². The highest BCUT2D eigenvalue weighted by Crippen LogP contribution is 2.29. The summed E-state index contributed by atoms with van der Waals surface area (Å²) in [7, 11) is 0. The molecular formula is C16H35NO3. The van der Waals surface area contributed by atoms with E-state index in [0.29, 0.717) is 38.9 Å². The Morgan fingerprint density at radius 1 is 0.900 bits per heavy atom. The van der Waals surface area contributed by atoms with Gasteiger partial charge in [0.2, 0.25) is 0 Å². The number of nitrogens with two attached hydrogens (primary N) is 1. The number of ether oxygens (including phenoxy) is 3. The molecule has 0 bridgehead atoms. The van der Waals surface area contributed by atoms with Crippen LogP contribution in [0.5, 0.6) is 0 Å². The van der Waals surface area contributed by atoms with Crippen LogP contribution in [0.1, 0.15) is 47.0 Å². The SMILES string of the molecule is CCCCOCCOCCOCCC(C)(CN)C(C)C. The highest BCUT2D eigenvalue weighted by molar-refractivity contribution is 4.78. The summed E-state index contributed by atoms with van der Waals surface area (Å²) in [6, 6.07) is 0. The summed E-state index contributed by atoms with van der Waals surface area (Å²) in [6.45, 7) is 13.7. The van der Waals surface area contributed by atoms with Crippen molar-refractivity contribution < 1.29 is 14.2 Å². The average Bonchev–Trinajstić information content (AvgIpc) is 2.44. The number of hydrogen-bond acceptors (Lipinski definition) is 4. The largest absolute Gasteiger partial charge is 0.379 e. The zero-order chi connectivity index (χ0) is 15.3. The minimum Gasteiger partial charge on any atom is -0.379 e. The molecule has 0 aromatic carbocycles. The van der Waals surface area contributed by atoms with E-state index in [1.807, 2.05) is 0 Å². The Hall–Kier alpha value is -0.160. The maximum atomic E-state index is 5.84. The van der Waals surface area contributed by atoms with Gasteiger partial charge in [0.15, 0.2) is 0 Å². The fourth-order valence-electron chi connectivity index (χ4n) is 1.72. The monoisotopic (exact) mass is 289 g/mol. The van der Waals surface area contributed by atoms with Gasteiger partial charge in [-0.05, 0) is 30.7 Å². The van der Waals surface area contributed by atoms with Gasteiger partial charge in [0.05, 0.1) is 26.4 Å². The van der Waals surface area contributed by atoms with Crippen molar-refractivity contribution in [1.29, 1.82) is 0 Å². The molecule has 0 saturated heterocycles. The number of rotatable bonds is 14. The molecule has 122 valence electrons. The van der Waals surface area contributed by atoms with Gasteiger partial charge in [-0.2, -0.15) is 0 Å². The molecule has 4 nitrogen and oxygen atoms in total. The molecular weight excluding hydrogens is 254 g/mol. The van der Waals surface area contributed by atoms with E-state index in [1.165, 1.54) is 6.42 Å². The molecule has 0 saturated carbocycles. The van der Waals surface area contributed by atoms with Crippen molar-refractivity contribution in [1.82, 2.24) is 0 Å². The lowest BCUT2D eigenvalue weighted by Crippen LogP contribution is -2.33. The predicted molar refractivity (Wildman–Crippen MR) is 84.0 cm³/mol. The van der Waals surface area contributed by atoms with Crippen LogP contribution in [-0.2, 0) is 14.2 Å². The molecule has 20 heavy (non-hydrogen) atoms. The maximum absolute atomic E-state index is 5.84. The molecule has 0 aromatic heterocycles. The topological polar surface area (TPSA) is 53.7 Å². The van der Waals surface area contributed by atoms with E-state index in [2.05, 4.69) is 27.7 Å². The average molecular weight is 289 g/mol.